The number of nitrogens with zero attached hydrogens (tertiary/aromatic N) is 2. The van der Waals surface area contributed by atoms with E-state index in [-0.39, 0.29) is 5.41 Å². The number of benzene rings is 1. The Balaban J connectivity index is 2.25. The molecule has 1 aliphatic carbocycles. The maximum Gasteiger partial charge on any atom is 0.125 e. The van der Waals surface area contributed by atoms with Crippen LogP contribution in [0.5, 0.6) is 0 Å². The zero-order valence-electron chi connectivity index (χ0n) is 11.6. The molecular formula is C15H17Cl3N2. The lowest BCUT2D eigenvalue weighted by Crippen LogP contribution is -2.22. The third-order valence-corrected chi connectivity index (χ3v) is 5.40. The highest BCUT2D eigenvalue weighted by Gasteiger charge is 2.37. The van der Waals surface area contributed by atoms with E-state index >= 15 is 0 Å². The van der Waals surface area contributed by atoms with Gasteiger partial charge in [-0.15, -0.1) is 11.6 Å². The fourth-order valence-electron chi connectivity index (χ4n) is 3.37. The molecule has 1 unspecified atom stereocenters. The van der Waals surface area contributed by atoms with Gasteiger partial charge in [0.05, 0.1) is 27.0 Å². The summed E-state index contributed by atoms with van der Waals surface area (Å²) in [5, 5.41) is 1.10. The van der Waals surface area contributed by atoms with Gasteiger partial charge in [0.25, 0.3) is 0 Å². The maximum atomic E-state index is 6.18. The van der Waals surface area contributed by atoms with Crippen molar-refractivity contribution >= 4 is 45.8 Å². The van der Waals surface area contributed by atoms with Crippen LogP contribution in [0.25, 0.3) is 11.0 Å². The molecule has 0 saturated heterocycles. The van der Waals surface area contributed by atoms with E-state index in [1.807, 2.05) is 12.1 Å². The van der Waals surface area contributed by atoms with Crippen LogP contribution in [0.4, 0.5) is 0 Å². The molecule has 0 aliphatic heterocycles. The van der Waals surface area contributed by atoms with Gasteiger partial charge in [-0.3, -0.25) is 0 Å². The molecule has 108 valence electrons. The van der Waals surface area contributed by atoms with Gasteiger partial charge in [-0.2, -0.15) is 0 Å². The highest BCUT2D eigenvalue weighted by Crippen LogP contribution is 2.48. The molecule has 0 spiro atoms. The average molecular weight is 332 g/mol. The summed E-state index contributed by atoms with van der Waals surface area (Å²) in [5.41, 5.74) is 2.16. The molecule has 3 rings (SSSR count). The average Bonchev–Trinajstić information content (AvgIpc) is 2.89. The quantitative estimate of drug-likeness (QED) is 0.633. The van der Waals surface area contributed by atoms with Crippen LogP contribution in [0.3, 0.4) is 0 Å². The standard InChI is InChI=1S/C15H17Cl3N2/c1-15(2)5-3-4-13(15)20-12-7-10(18)9(17)6-11(12)19-14(20)8-16/h6-7,13H,3-5,8H2,1-2H3. The van der Waals surface area contributed by atoms with Crippen LogP contribution >= 0.6 is 34.8 Å². The molecule has 1 saturated carbocycles. The largest absolute Gasteiger partial charge is 0.323 e. The molecule has 1 heterocycles. The third-order valence-electron chi connectivity index (χ3n) is 4.44. The van der Waals surface area contributed by atoms with Crippen LogP contribution in [0.2, 0.25) is 10.0 Å². The van der Waals surface area contributed by atoms with Crippen molar-refractivity contribution in [3.05, 3.63) is 28.0 Å². The monoisotopic (exact) mass is 330 g/mol. The van der Waals surface area contributed by atoms with E-state index in [4.69, 9.17) is 34.8 Å². The second kappa shape index (κ2) is 5.08. The molecule has 1 fully saturated rings. The number of hydrogen-bond donors (Lipinski definition) is 0. The molecule has 1 aliphatic rings. The van der Waals surface area contributed by atoms with Crippen LogP contribution in [0, 0.1) is 5.41 Å². The Morgan fingerprint density at radius 3 is 2.60 bits per heavy atom. The summed E-state index contributed by atoms with van der Waals surface area (Å²) in [6, 6.07) is 4.16. The number of aromatic nitrogens is 2. The predicted molar refractivity (Wildman–Crippen MR) is 86.0 cm³/mol. The number of fused-ring (bicyclic) bond motifs is 1. The SMILES string of the molecule is CC1(C)CCCC1n1c(CCl)nc2cc(Cl)c(Cl)cc21. The predicted octanol–water partition coefficient (Wildman–Crippen LogP) is 5.83. The van der Waals surface area contributed by atoms with Gasteiger partial charge >= 0.3 is 0 Å². The molecule has 0 N–H and O–H groups in total. The first kappa shape index (κ1) is 14.5. The second-order valence-corrected chi connectivity index (χ2v) is 7.26. The number of alkyl halides is 1. The summed E-state index contributed by atoms with van der Waals surface area (Å²) >= 11 is 18.4. The highest BCUT2D eigenvalue weighted by atomic mass is 35.5. The van der Waals surface area contributed by atoms with Gasteiger partial charge in [0, 0.05) is 6.04 Å². The fourth-order valence-corrected chi connectivity index (χ4v) is 3.87. The molecule has 1 atom stereocenters. The van der Waals surface area contributed by atoms with Gasteiger partial charge in [0.2, 0.25) is 0 Å². The van der Waals surface area contributed by atoms with Gasteiger partial charge in [0.15, 0.2) is 0 Å². The Morgan fingerprint density at radius 1 is 1.30 bits per heavy atom. The highest BCUT2D eigenvalue weighted by molar-refractivity contribution is 6.42. The summed E-state index contributed by atoms with van der Waals surface area (Å²) in [4.78, 5) is 4.63. The van der Waals surface area contributed by atoms with Crippen molar-refractivity contribution in [2.24, 2.45) is 5.41 Å². The van der Waals surface area contributed by atoms with Crippen LogP contribution < -0.4 is 0 Å². The van der Waals surface area contributed by atoms with Crippen LogP contribution in [-0.4, -0.2) is 9.55 Å². The zero-order valence-corrected chi connectivity index (χ0v) is 13.9. The summed E-state index contributed by atoms with van der Waals surface area (Å²) in [6.45, 7) is 4.62. The Hall–Kier alpha value is -0.440. The van der Waals surface area contributed by atoms with Gasteiger partial charge < -0.3 is 4.57 Å². The van der Waals surface area contributed by atoms with E-state index < -0.39 is 0 Å². The van der Waals surface area contributed by atoms with Crippen molar-refractivity contribution in [1.29, 1.82) is 0 Å². The lowest BCUT2D eigenvalue weighted by Gasteiger charge is -2.30. The minimum absolute atomic E-state index is 0.251. The van der Waals surface area contributed by atoms with Crippen LogP contribution in [-0.2, 0) is 5.88 Å². The number of hydrogen-bond acceptors (Lipinski definition) is 1. The number of imidazole rings is 1. The first-order chi connectivity index (χ1) is 9.44. The van der Waals surface area contributed by atoms with Crippen LogP contribution in [0.1, 0.15) is 45.0 Å². The molecule has 1 aromatic carbocycles. The minimum atomic E-state index is 0.251. The number of halogens is 3. The molecular weight excluding hydrogens is 315 g/mol. The lowest BCUT2D eigenvalue weighted by molar-refractivity contribution is 0.262. The topological polar surface area (TPSA) is 17.8 Å². The molecule has 20 heavy (non-hydrogen) atoms. The minimum Gasteiger partial charge on any atom is -0.323 e. The maximum absolute atomic E-state index is 6.18. The Morgan fingerprint density at radius 2 is 2.00 bits per heavy atom. The third kappa shape index (κ3) is 2.22. The summed E-state index contributed by atoms with van der Waals surface area (Å²) in [6.07, 6.45) is 3.61. The van der Waals surface area contributed by atoms with E-state index in [1.165, 1.54) is 12.8 Å². The van der Waals surface area contributed by atoms with E-state index in [0.717, 1.165) is 23.3 Å². The summed E-state index contributed by atoms with van der Waals surface area (Å²) < 4.78 is 2.28. The smallest absolute Gasteiger partial charge is 0.125 e. The van der Waals surface area contributed by atoms with E-state index in [2.05, 4.69) is 23.4 Å². The van der Waals surface area contributed by atoms with Gasteiger partial charge in [-0.25, -0.2) is 4.98 Å². The first-order valence-corrected chi connectivity index (χ1v) is 8.15. The first-order valence-electron chi connectivity index (χ1n) is 6.86. The van der Waals surface area contributed by atoms with Crippen molar-refractivity contribution in [3.63, 3.8) is 0 Å². The van der Waals surface area contributed by atoms with Crippen molar-refractivity contribution in [1.82, 2.24) is 9.55 Å². The van der Waals surface area contributed by atoms with E-state index in [1.54, 1.807) is 0 Å². The zero-order chi connectivity index (χ0) is 14.5. The normalized spacial score (nSPS) is 21.8. The Labute approximate surface area is 134 Å². The number of rotatable bonds is 2. The van der Waals surface area contributed by atoms with Gasteiger partial charge in [-0.1, -0.05) is 43.5 Å². The van der Waals surface area contributed by atoms with Crippen molar-refractivity contribution in [2.75, 3.05) is 0 Å². The van der Waals surface area contributed by atoms with Crippen molar-refractivity contribution < 1.29 is 0 Å². The van der Waals surface area contributed by atoms with E-state index in [9.17, 15) is 0 Å². The summed E-state index contributed by atoms with van der Waals surface area (Å²) in [5.74, 6) is 1.30. The second-order valence-electron chi connectivity index (χ2n) is 6.18. The Kier molecular flexibility index (Phi) is 3.68. The van der Waals surface area contributed by atoms with Crippen molar-refractivity contribution in [3.8, 4) is 0 Å². The molecule has 2 aromatic rings. The lowest BCUT2D eigenvalue weighted by atomic mass is 9.87. The molecule has 1 aromatic heterocycles. The van der Waals surface area contributed by atoms with Crippen LogP contribution in [0.15, 0.2) is 12.1 Å². The molecule has 0 bridgehead atoms. The van der Waals surface area contributed by atoms with Gasteiger partial charge in [-0.05, 0) is 30.4 Å². The fraction of sp³-hybridized carbons (Fsp3) is 0.533. The molecule has 0 amide bonds. The molecule has 5 heteroatoms. The Bertz CT molecular complexity index is 661. The van der Waals surface area contributed by atoms with Crippen molar-refractivity contribution in [2.45, 2.75) is 45.0 Å². The molecule has 2 nitrogen and oxygen atoms in total. The summed E-state index contributed by atoms with van der Waals surface area (Å²) in [7, 11) is 0. The van der Waals surface area contributed by atoms with Gasteiger partial charge in [0.1, 0.15) is 5.82 Å². The van der Waals surface area contributed by atoms with E-state index in [0.29, 0.717) is 22.0 Å². The molecule has 0 radical (unpaired) electrons.